The molecule has 3 nitrogen and oxygen atoms in total. The number of carbonyl (C=O) groups is 1. The number of amides is 2. The van der Waals surface area contributed by atoms with Crippen LogP contribution in [0.3, 0.4) is 0 Å². The largest absolute Gasteiger partial charge is 0.327 e. The Morgan fingerprint density at radius 2 is 1.68 bits per heavy atom. The number of rotatable bonds is 1. The minimum atomic E-state index is -0.121. The molecule has 110 valence electrons. The monoisotopic (exact) mass is 290 g/mol. The third-order valence-electron chi connectivity index (χ3n) is 4.50. The summed E-state index contributed by atoms with van der Waals surface area (Å²) in [5.74, 6) is 0. The summed E-state index contributed by atoms with van der Waals surface area (Å²) in [5.41, 5.74) is 5.93. The molecule has 2 aliphatic rings. The van der Waals surface area contributed by atoms with Gasteiger partial charge in [-0.2, -0.15) is 0 Å². The van der Waals surface area contributed by atoms with Gasteiger partial charge in [0.25, 0.3) is 0 Å². The number of aryl methyl sites for hydroxylation is 1. The van der Waals surface area contributed by atoms with Crippen LogP contribution in [0.15, 0.2) is 60.2 Å². The Bertz CT molecular complexity index is 749. The van der Waals surface area contributed by atoms with E-state index in [4.69, 9.17) is 0 Å². The molecule has 0 bridgehead atoms. The fourth-order valence-electron chi connectivity index (χ4n) is 3.48. The Morgan fingerprint density at radius 3 is 2.55 bits per heavy atom. The van der Waals surface area contributed by atoms with E-state index in [9.17, 15) is 4.79 Å². The van der Waals surface area contributed by atoms with E-state index in [1.165, 1.54) is 16.7 Å². The topological polar surface area (TPSA) is 41.1 Å². The van der Waals surface area contributed by atoms with Gasteiger partial charge in [0, 0.05) is 5.56 Å². The van der Waals surface area contributed by atoms with Crippen molar-refractivity contribution in [2.45, 2.75) is 25.3 Å². The van der Waals surface area contributed by atoms with Gasteiger partial charge < -0.3 is 10.6 Å². The second-order valence-electron chi connectivity index (χ2n) is 5.85. The van der Waals surface area contributed by atoms with Crippen molar-refractivity contribution in [1.29, 1.82) is 0 Å². The molecular weight excluding hydrogens is 272 g/mol. The highest BCUT2D eigenvalue weighted by atomic mass is 16.2. The predicted octanol–water partition coefficient (Wildman–Crippen LogP) is 3.79. The molecule has 2 amide bonds. The molecule has 2 N–H and O–H groups in total. The van der Waals surface area contributed by atoms with Gasteiger partial charge in [-0.25, -0.2) is 4.79 Å². The van der Waals surface area contributed by atoms with Crippen molar-refractivity contribution < 1.29 is 4.79 Å². The molecule has 1 unspecified atom stereocenters. The highest BCUT2D eigenvalue weighted by Gasteiger charge is 2.30. The van der Waals surface area contributed by atoms with E-state index >= 15 is 0 Å². The Balaban J connectivity index is 1.88. The molecule has 1 atom stereocenters. The smallest absolute Gasteiger partial charge is 0.319 e. The van der Waals surface area contributed by atoms with Crippen molar-refractivity contribution in [3.05, 3.63) is 76.9 Å². The summed E-state index contributed by atoms with van der Waals surface area (Å²) in [7, 11) is 0. The Kier molecular flexibility index (Phi) is 3.19. The van der Waals surface area contributed by atoms with Crippen LogP contribution in [0.25, 0.3) is 5.70 Å². The van der Waals surface area contributed by atoms with E-state index in [2.05, 4.69) is 41.0 Å². The summed E-state index contributed by atoms with van der Waals surface area (Å²) in [6.45, 7) is 0. The van der Waals surface area contributed by atoms with Gasteiger partial charge in [0.2, 0.25) is 0 Å². The van der Waals surface area contributed by atoms with Gasteiger partial charge in [-0.1, -0.05) is 54.6 Å². The maximum Gasteiger partial charge on any atom is 0.319 e. The lowest BCUT2D eigenvalue weighted by Crippen LogP contribution is -2.43. The third kappa shape index (κ3) is 2.19. The van der Waals surface area contributed by atoms with Crippen LogP contribution in [-0.2, 0) is 6.42 Å². The van der Waals surface area contributed by atoms with Crippen LogP contribution in [0, 0.1) is 0 Å². The first-order valence-electron chi connectivity index (χ1n) is 7.77. The minimum absolute atomic E-state index is 0.0314. The molecule has 0 aromatic heterocycles. The molecule has 2 aromatic carbocycles. The van der Waals surface area contributed by atoms with Gasteiger partial charge >= 0.3 is 6.03 Å². The lowest BCUT2D eigenvalue weighted by molar-refractivity contribution is 0.240. The Labute approximate surface area is 130 Å². The number of nitrogens with one attached hydrogen (secondary N) is 2. The van der Waals surface area contributed by atoms with E-state index < -0.39 is 0 Å². The van der Waals surface area contributed by atoms with Crippen LogP contribution >= 0.6 is 0 Å². The molecule has 0 fully saturated rings. The highest BCUT2D eigenvalue weighted by molar-refractivity contribution is 5.91. The SMILES string of the molecule is O=C1NC2=C(CCCc3ccccc32)C(c2ccccc2)N1. The van der Waals surface area contributed by atoms with Crippen LogP contribution in [0.4, 0.5) is 4.79 Å². The van der Waals surface area contributed by atoms with Gasteiger partial charge in [-0.15, -0.1) is 0 Å². The molecule has 0 spiro atoms. The summed E-state index contributed by atoms with van der Waals surface area (Å²) in [6.07, 6.45) is 3.16. The zero-order valence-electron chi connectivity index (χ0n) is 12.3. The van der Waals surface area contributed by atoms with Crippen molar-refractivity contribution in [1.82, 2.24) is 10.6 Å². The average molecular weight is 290 g/mol. The standard InChI is InChI=1S/C19H18N2O/c22-19-20-17(14-8-2-1-3-9-14)16-12-6-10-13-7-4-5-11-15(13)18(16)21-19/h1-5,7-9,11,17H,6,10,12H2,(H2,20,21,22). The first kappa shape index (κ1) is 13.1. The number of benzene rings is 2. The normalized spacial score (nSPS) is 20.4. The van der Waals surface area contributed by atoms with Gasteiger partial charge in [0.05, 0.1) is 11.7 Å². The number of urea groups is 1. The van der Waals surface area contributed by atoms with E-state index in [0.717, 1.165) is 30.5 Å². The van der Waals surface area contributed by atoms with Crippen molar-refractivity contribution in [3.8, 4) is 0 Å². The van der Waals surface area contributed by atoms with Crippen LogP contribution in [-0.4, -0.2) is 6.03 Å². The molecular formula is C19H18N2O. The molecule has 22 heavy (non-hydrogen) atoms. The predicted molar refractivity (Wildman–Crippen MR) is 87.2 cm³/mol. The summed E-state index contributed by atoms with van der Waals surface area (Å²) >= 11 is 0. The molecule has 3 heteroatoms. The zero-order chi connectivity index (χ0) is 14.9. The first-order chi connectivity index (χ1) is 10.8. The van der Waals surface area contributed by atoms with E-state index in [-0.39, 0.29) is 12.1 Å². The van der Waals surface area contributed by atoms with Gasteiger partial charge in [-0.05, 0) is 36.0 Å². The van der Waals surface area contributed by atoms with Crippen LogP contribution < -0.4 is 10.6 Å². The lowest BCUT2D eigenvalue weighted by atomic mass is 9.91. The summed E-state index contributed by atoms with van der Waals surface area (Å²) < 4.78 is 0. The number of fused-ring (bicyclic) bond motifs is 2. The average Bonchev–Trinajstić information content (AvgIpc) is 2.75. The van der Waals surface area contributed by atoms with Crippen molar-refractivity contribution in [2.24, 2.45) is 0 Å². The lowest BCUT2D eigenvalue weighted by Gasteiger charge is -2.30. The molecule has 1 aliphatic heterocycles. The first-order valence-corrected chi connectivity index (χ1v) is 7.77. The zero-order valence-corrected chi connectivity index (χ0v) is 12.3. The van der Waals surface area contributed by atoms with Crippen molar-refractivity contribution in [3.63, 3.8) is 0 Å². The number of hydrogen-bond donors (Lipinski definition) is 2. The van der Waals surface area contributed by atoms with E-state index in [1.54, 1.807) is 0 Å². The quantitative estimate of drug-likeness (QED) is 0.824. The molecule has 0 saturated heterocycles. The summed E-state index contributed by atoms with van der Waals surface area (Å²) in [4.78, 5) is 12.2. The van der Waals surface area contributed by atoms with Crippen molar-refractivity contribution in [2.75, 3.05) is 0 Å². The molecule has 1 heterocycles. The fourth-order valence-corrected chi connectivity index (χ4v) is 3.48. The van der Waals surface area contributed by atoms with Gasteiger partial charge in [0.1, 0.15) is 0 Å². The molecule has 2 aromatic rings. The maximum atomic E-state index is 12.2. The van der Waals surface area contributed by atoms with Gasteiger partial charge in [0.15, 0.2) is 0 Å². The van der Waals surface area contributed by atoms with Crippen LogP contribution in [0.5, 0.6) is 0 Å². The van der Waals surface area contributed by atoms with Crippen molar-refractivity contribution >= 4 is 11.7 Å². The van der Waals surface area contributed by atoms with Crippen LogP contribution in [0.1, 0.15) is 35.6 Å². The summed E-state index contributed by atoms with van der Waals surface area (Å²) in [5, 5.41) is 6.13. The molecule has 0 saturated carbocycles. The number of carbonyl (C=O) groups excluding carboxylic acids is 1. The van der Waals surface area contributed by atoms with Gasteiger partial charge in [-0.3, -0.25) is 0 Å². The Hall–Kier alpha value is -2.55. The second-order valence-corrected chi connectivity index (χ2v) is 5.85. The summed E-state index contributed by atoms with van der Waals surface area (Å²) in [6, 6.07) is 18.5. The molecule has 4 rings (SSSR count). The number of hydrogen-bond acceptors (Lipinski definition) is 1. The maximum absolute atomic E-state index is 12.2. The molecule has 1 aliphatic carbocycles. The van der Waals surface area contributed by atoms with E-state index in [0.29, 0.717) is 0 Å². The third-order valence-corrected chi connectivity index (χ3v) is 4.50. The van der Waals surface area contributed by atoms with Crippen LogP contribution in [0.2, 0.25) is 0 Å². The highest BCUT2D eigenvalue weighted by Crippen LogP contribution is 2.37. The Morgan fingerprint density at radius 1 is 0.909 bits per heavy atom. The molecule has 0 radical (unpaired) electrons. The second kappa shape index (κ2) is 5.34. The minimum Gasteiger partial charge on any atom is -0.327 e. The van der Waals surface area contributed by atoms with E-state index in [1.807, 2.05) is 24.3 Å². The fraction of sp³-hybridized carbons (Fsp3) is 0.211.